The number of hydrazine groups is 1. The van der Waals surface area contributed by atoms with Gasteiger partial charge in [0.05, 0.1) is 17.4 Å². The lowest BCUT2D eigenvalue weighted by Gasteiger charge is -2.35. The SMILES string of the molecule is CS(=O)(=O)c1ccc(CC(=O)NN2CCN(CCC(NC(=O)NC3CCCC3)c3ccccc3)CC2)cc1. The molecule has 0 spiro atoms. The number of benzene rings is 2. The fourth-order valence-electron chi connectivity index (χ4n) is 5.11. The van der Waals surface area contributed by atoms with Crippen molar-refractivity contribution in [3.8, 4) is 0 Å². The lowest BCUT2D eigenvalue weighted by Crippen LogP contribution is -2.54. The van der Waals surface area contributed by atoms with Crippen molar-refractivity contribution in [2.24, 2.45) is 0 Å². The molecule has 4 rings (SSSR count). The van der Waals surface area contributed by atoms with Crippen molar-refractivity contribution in [3.05, 3.63) is 65.7 Å². The third-order valence-electron chi connectivity index (χ3n) is 7.30. The number of carbonyl (C=O) groups excluding carboxylic acids is 2. The molecule has 1 saturated carbocycles. The second kappa shape index (κ2) is 13.2. The minimum absolute atomic E-state index is 0.0654. The van der Waals surface area contributed by atoms with Gasteiger partial charge in [-0.25, -0.2) is 18.2 Å². The van der Waals surface area contributed by atoms with Crippen LogP contribution in [0.1, 0.15) is 49.3 Å². The fourth-order valence-corrected chi connectivity index (χ4v) is 5.74. The predicted octanol–water partition coefficient (Wildman–Crippen LogP) is 2.65. The smallest absolute Gasteiger partial charge is 0.315 e. The first-order valence-corrected chi connectivity index (χ1v) is 15.3. The van der Waals surface area contributed by atoms with E-state index in [-0.39, 0.29) is 35.3 Å². The van der Waals surface area contributed by atoms with Gasteiger partial charge >= 0.3 is 6.03 Å². The molecule has 0 aromatic heterocycles. The van der Waals surface area contributed by atoms with Gasteiger partial charge in [-0.3, -0.25) is 10.2 Å². The maximum atomic E-state index is 12.7. The number of hydrogen-bond acceptors (Lipinski definition) is 6. The van der Waals surface area contributed by atoms with Crippen molar-refractivity contribution < 1.29 is 18.0 Å². The van der Waals surface area contributed by atoms with Gasteiger partial charge in [-0.05, 0) is 42.5 Å². The topological polar surface area (TPSA) is 111 Å². The third-order valence-corrected chi connectivity index (χ3v) is 8.43. The van der Waals surface area contributed by atoms with Gasteiger partial charge in [0, 0.05) is 45.0 Å². The molecule has 1 aliphatic heterocycles. The molecular weight excluding hydrogens is 502 g/mol. The van der Waals surface area contributed by atoms with Crippen LogP contribution < -0.4 is 16.1 Å². The van der Waals surface area contributed by atoms with E-state index in [2.05, 4.69) is 33.1 Å². The summed E-state index contributed by atoms with van der Waals surface area (Å²) in [6.45, 7) is 3.91. The van der Waals surface area contributed by atoms with Gasteiger partial charge in [0.25, 0.3) is 0 Å². The number of hydrogen-bond donors (Lipinski definition) is 3. The Morgan fingerprint density at radius 2 is 1.61 bits per heavy atom. The monoisotopic (exact) mass is 541 g/mol. The number of sulfone groups is 1. The molecule has 1 saturated heterocycles. The lowest BCUT2D eigenvalue weighted by atomic mass is 10.0. The molecule has 3 amide bonds. The second-order valence-electron chi connectivity index (χ2n) is 10.3. The molecule has 2 aromatic rings. The molecule has 206 valence electrons. The molecular formula is C28H39N5O4S. The van der Waals surface area contributed by atoms with Crippen molar-refractivity contribution >= 4 is 21.8 Å². The molecule has 38 heavy (non-hydrogen) atoms. The molecule has 2 aliphatic rings. The van der Waals surface area contributed by atoms with Crippen LogP contribution in [0.3, 0.4) is 0 Å². The number of amides is 3. The summed E-state index contributed by atoms with van der Waals surface area (Å²) in [4.78, 5) is 27.8. The Hall–Kier alpha value is -2.95. The molecule has 9 nitrogen and oxygen atoms in total. The number of carbonyl (C=O) groups is 2. The van der Waals surface area contributed by atoms with E-state index < -0.39 is 9.84 Å². The van der Waals surface area contributed by atoms with E-state index in [1.54, 1.807) is 12.1 Å². The Labute approximate surface area is 225 Å². The number of piperazine rings is 1. The largest absolute Gasteiger partial charge is 0.335 e. The molecule has 1 heterocycles. The van der Waals surface area contributed by atoms with Crippen molar-refractivity contribution in [3.63, 3.8) is 0 Å². The predicted molar refractivity (Wildman–Crippen MR) is 147 cm³/mol. The lowest BCUT2D eigenvalue weighted by molar-refractivity contribution is -0.126. The van der Waals surface area contributed by atoms with Crippen LogP contribution >= 0.6 is 0 Å². The quantitative estimate of drug-likeness (QED) is 0.427. The fraction of sp³-hybridized carbons (Fsp3) is 0.500. The average Bonchev–Trinajstić information content (AvgIpc) is 3.40. The Bertz CT molecular complexity index is 1160. The van der Waals surface area contributed by atoms with Crippen molar-refractivity contribution in [2.75, 3.05) is 39.0 Å². The summed E-state index contributed by atoms with van der Waals surface area (Å²) in [7, 11) is -3.25. The number of nitrogens with zero attached hydrogens (tertiary/aromatic N) is 2. The Balaban J connectivity index is 1.21. The molecule has 0 radical (unpaired) electrons. The molecule has 1 aliphatic carbocycles. The summed E-state index contributed by atoms with van der Waals surface area (Å²) < 4.78 is 23.2. The van der Waals surface area contributed by atoms with Crippen molar-refractivity contribution in [1.82, 2.24) is 26.0 Å². The van der Waals surface area contributed by atoms with E-state index in [9.17, 15) is 18.0 Å². The second-order valence-corrected chi connectivity index (χ2v) is 12.3. The van der Waals surface area contributed by atoms with Crippen molar-refractivity contribution in [2.45, 2.75) is 55.5 Å². The van der Waals surface area contributed by atoms with Gasteiger partial charge in [-0.2, -0.15) is 0 Å². The van der Waals surface area contributed by atoms with E-state index >= 15 is 0 Å². The zero-order valence-electron chi connectivity index (χ0n) is 22.1. The highest BCUT2D eigenvalue weighted by atomic mass is 32.2. The summed E-state index contributed by atoms with van der Waals surface area (Å²) >= 11 is 0. The van der Waals surface area contributed by atoms with Crippen molar-refractivity contribution in [1.29, 1.82) is 0 Å². The van der Waals surface area contributed by atoms with Gasteiger partial charge in [-0.1, -0.05) is 55.3 Å². The summed E-state index contributed by atoms with van der Waals surface area (Å²) in [6, 6.07) is 16.6. The molecule has 0 bridgehead atoms. The first kappa shape index (κ1) is 28.1. The zero-order chi connectivity index (χ0) is 27.0. The maximum Gasteiger partial charge on any atom is 0.315 e. The van der Waals surface area contributed by atoms with Crippen LogP contribution in [-0.2, 0) is 21.1 Å². The van der Waals surface area contributed by atoms with Crippen LogP contribution in [0.25, 0.3) is 0 Å². The van der Waals surface area contributed by atoms with Crippen LogP contribution in [0.5, 0.6) is 0 Å². The summed E-state index contributed by atoms with van der Waals surface area (Å²) in [5.74, 6) is -0.118. The number of nitrogens with one attached hydrogen (secondary N) is 3. The zero-order valence-corrected chi connectivity index (χ0v) is 22.9. The van der Waals surface area contributed by atoms with Gasteiger partial charge in [0.2, 0.25) is 5.91 Å². The molecule has 1 unspecified atom stereocenters. The van der Waals surface area contributed by atoms with Crippen LogP contribution in [0.15, 0.2) is 59.5 Å². The maximum absolute atomic E-state index is 12.7. The van der Waals surface area contributed by atoms with Gasteiger partial charge < -0.3 is 15.5 Å². The van der Waals surface area contributed by atoms with E-state index in [4.69, 9.17) is 0 Å². The highest BCUT2D eigenvalue weighted by Crippen LogP contribution is 2.20. The van der Waals surface area contributed by atoms with Crippen LogP contribution in [0, 0.1) is 0 Å². The van der Waals surface area contributed by atoms with E-state index in [0.717, 1.165) is 50.0 Å². The molecule has 2 aromatic carbocycles. The summed E-state index contributed by atoms with van der Waals surface area (Å²) in [6.07, 6.45) is 6.63. The Kier molecular flexibility index (Phi) is 9.76. The molecule has 3 N–H and O–H groups in total. The molecule has 10 heteroatoms. The third kappa shape index (κ3) is 8.54. The highest BCUT2D eigenvalue weighted by molar-refractivity contribution is 7.90. The average molecular weight is 542 g/mol. The Morgan fingerprint density at radius 1 is 0.947 bits per heavy atom. The van der Waals surface area contributed by atoms with Crippen LogP contribution in [0.2, 0.25) is 0 Å². The van der Waals surface area contributed by atoms with Gasteiger partial charge in [0.15, 0.2) is 9.84 Å². The molecule has 2 fully saturated rings. The summed E-state index contributed by atoms with van der Waals surface area (Å²) in [5, 5.41) is 8.26. The van der Waals surface area contributed by atoms with E-state index in [0.29, 0.717) is 13.1 Å². The summed E-state index contributed by atoms with van der Waals surface area (Å²) in [5.41, 5.74) is 4.84. The first-order chi connectivity index (χ1) is 18.3. The van der Waals surface area contributed by atoms with Gasteiger partial charge in [-0.15, -0.1) is 0 Å². The normalized spacial score (nSPS) is 18.1. The van der Waals surface area contributed by atoms with E-state index in [1.807, 2.05) is 23.2 Å². The van der Waals surface area contributed by atoms with Crippen LogP contribution in [0.4, 0.5) is 4.79 Å². The first-order valence-electron chi connectivity index (χ1n) is 13.4. The van der Waals surface area contributed by atoms with E-state index in [1.165, 1.54) is 31.2 Å². The van der Waals surface area contributed by atoms with Crippen LogP contribution in [-0.4, -0.2) is 75.3 Å². The minimum Gasteiger partial charge on any atom is -0.335 e. The number of urea groups is 1. The van der Waals surface area contributed by atoms with Gasteiger partial charge in [0.1, 0.15) is 0 Å². The standard InChI is InChI=1S/C28H39N5O4S/c1-38(36,37)25-13-11-22(12-14-25)21-27(34)31-33-19-17-32(18-20-33)16-15-26(23-7-3-2-4-8-23)30-28(35)29-24-9-5-6-10-24/h2-4,7-8,11-14,24,26H,5-6,9-10,15-21H2,1H3,(H,31,34)(H2,29,30,35). The minimum atomic E-state index is -3.25. The Morgan fingerprint density at radius 3 is 2.24 bits per heavy atom. The molecule has 1 atom stereocenters. The number of rotatable bonds is 10. The highest BCUT2D eigenvalue weighted by Gasteiger charge is 2.23.